The van der Waals surface area contributed by atoms with E-state index in [0.29, 0.717) is 15.6 Å². The van der Waals surface area contributed by atoms with Gasteiger partial charge in [-0.3, -0.25) is 0 Å². The van der Waals surface area contributed by atoms with Crippen LogP contribution in [-0.4, -0.2) is 0 Å². The molecule has 0 amide bonds. The third kappa shape index (κ3) is 2.73. The van der Waals surface area contributed by atoms with Crippen LogP contribution < -0.4 is 0 Å². The average Bonchev–Trinajstić information content (AvgIpc) is 2.35. The molecule has 0 aliphatic rings. The maximum atomic E-state index is 6.56. The lowest BCUT2D eigenvalue weighted by Crippen LogP contribution is -2.15. The fourth-order valence-electron chi connectivity index (χ4n) is 1.98. The Balaban J connectivity index is 2.65. The van der Waals surface area contributed by atoms with Gasteiger partial charge in [-0.25, -0.2) is 0 Å². The lowest BCUT2D eigenvalue weighted by molar-refractivity contribution is 1.01. The zero-order chi connectivity index (χ0) is 14.2. The highest BCUT2D eigenvalue weighted by molar-refractivity contribution is 6.52. The summed E-state index contributed by atoms with van der Waals surface area (Å²) in [6, 6.07) is 11.1. The number of hydrogen-bond acceptors (Lipinski definition) is 0. The molecule has 0 aliphatic heterocycles. The number of rotatable bonds is 2. The Bertz CT molecular complexity index is 564. The summed E-state index contributed by atoms with van der Waals surface area (Å²) in [4.78, 5) is 0. The van der Waals surface area contributed by atoms with Gasteiger partial charge in [-0.2, -0.15) is 0 Å². The average molecular weight is 334 g/mol. The van der Waals surface area contributed by atoms with Crippen molar-refractivity contribution in [1.29, 1.82) is 0 Å². The van der Waals surface area contributed by atoms with Crippen molar-refractivity contribution in [3.05, 3.63) is 68.7 Å². The SMILES string of the molecule is Cc1cccc(C(Cl)(Cl)c2cccc(Cl)c2Cl)c1C. The molecule has 2 rings (SSSR count). The molecule has 0 bridgehead atoms. The molecule has 0 spiro atoms. The molecule has 0 fully saturated rings. The predicted molar refractivity (Wildman–Crippen MR) is 84.9 cm³/mol. The number of alkyl halides is 2. The molecule has 0 saturated heterocycles. The van der Waals surface area contributed by atoms with E-state index >= 15 is 0 Å². The Morgan fingerprint density at radius 1 is 0.842 bits per heavy atom. The zero-order valence-electron chi connectivity index (χ0n) is 10.5. The van der Waals surface area contributed by atoms with E-state index in [2.05, 4.69) is 0 Å². The molecule has 19 heavy (non-hydrogen) atoms. The molecule has 0 saturated carbocycles. The molecule has 2 aromatic carbocycles. The first-order chi connectivity index (χ1) is 8.85. The summed E-state index contributed by atoms with van der Waals surface area (Å²) < 4.78 is -1.22. The highest BCUT2D eigenvalue weighted by Crippen LogP contribution is 2.46. The van der Waals surface area contributed by atoms with Crippen molar-refractivity contribution in [2.45, 2.75) is 18.2 Å². The van der Waals surface area contributed by atoms with Gasteiger partial charge in [-0.1, -0.05) is 76.7 Å². The first kappa shape index (κ1) is 15.0. The van der Waals surface area contributed by atoms with E-state index in [9.17, 15) is 0 Å². The van der Waals surface area contributed by atoms with Crippen LogP contribution in [0.4, 0.5) is 0 Å². The van der Waals surface area contributed by atoms with Crippen molar-refractivity contribution in [1.82, 2.24) is 0 Å². The molecule has 4 heteroatoms. The minimum absolute atomic E-state index is 0.384. The smallest absolute Gasteiger partial charge is 0.0908 e. The Labute approximate surface area is 133 Å². The van der Waals surface area contributed by atoms with Crippen LogP contribution >= 0.6 is 46.4 Å². The molecule has 100 valence electrons. The Morgan fingerprint density at radius 2 is 1.42 bits per heavy atom. The van der Waals surface area contributed by atoms with E-state index in [1.807, 2.05) is 32.0 Å². The van der Waals surface area contributed by atoms with Gasteiger partial charge >= 0.3 is 0 Å². The summed E-state index contributed by atoms with van der Waals surface area (Å²) in [6.45, 7) is 4.00. The van der Waals surface area contributed by atoms with Crippen molar-refractivity contribution in [2.24, 2.45) is 0 Å². The normalized spacial score (nSPS) is 11.7. The fraction of sp³-hybridized carbons (Fsp3) is 0.200. The maximum absolute atomic E-state index is 6.56. The van der Waals surface area contributed by atoms with Gasteiger partial charge < -0.3 is 0 Å². The lowest BCUT2D eigenvalue weighted by Gasteiger charge is -2.25. The Kier molecular flexibility index (Phi) is 4.37. The zero-order valence-corrected chi connectivity index (χ0v) is 13.5. The third-order valence-electron chi connectivity index (χ3n) is 3.23. The van der Waals surface area contributed by atoms with Crippen LogP contribution in [0.5, 0.6) is 0 Å². The topological polar surface area (TPSA) is 0 Å². The minimum atomic E-state index is -1.22. The highest BCUT2D eigenvalue weighted by Gasteiger charge is 2.33. The molecule has 0 radical (unpaired) electrons. The summed E-state index contributed by atoms with van der Waals surface area (Å²) >= 11 is 25.4. The number of hydrogen-bond donors (Lipinski definition) is 0. The van der Waals surface area contributed by atoms with Gasteiger partial charge in [-0.05, 0) is 36.6 Å². The molecular formula is C15H12Cl4. The van der Waals surface area contributed by atoms with E-state index in [4.69, 9.17) is 46.4 Å². The minimum Gasteiger partial charge on any atom is -0.0908 e. The highest BCUT2D eigenvalue weighted by atomic mass is 35.5. The number of benzene rings is 2. The van der Waals surface area contributed by atoms with E-state index in [1.54, 1.807) is 18.2 Å². The van der Waals surface area contributed by atoms with Crippen LogP contribution in [0.3, 0.4) is 0 Å². The van der Waals surface area contributed by atoms with E-state index < -0.39 is 4.33 Å². The van der Waals surface area contributed by atoms with Gasteiger partial charge in [0.1, 0.15) is 0 Å². The van der Waals surface area contributed by atoms with Gasteiger partial charge in [0.2, 0.25) is 0 Å². The van der Waals surface area contributed by atoms with E-state index in [0.717, 1.165) is 16.7 Å². The monoisotopic (exact) mass is 332 g/mol. The standard InChI is InChI=1S/C15H12Cl4/c1-9-5-3-6-11(10(9)2)15(18,19)12-7-4-8-13(16)14(12)17/h3-8H,1-2H3. The van der Waals surface area contributed by atoms with Crippen molar-refractivity contribution < 1.29 is 0 Å². The van der Waals surface area contributed by atoms with Gasteiger partial charge in [0, 0.05) is 5.56 Å². The van der Waals surface area contributed by atoms with Gasteiger partial charge in [0.25, 0.3) is 0 Å². The summed E-state index contributed by atoms with van der Waals surface area (Å²) in [5.41, 5.74) is 3.59. The summed E-state index contributed by atoms with van der Waals surface area (Å²) in [5.74, 6) is 0. The number of aryl methyl sites for hydroxylation is 1. The van der Waals surface area contributed by atoms with Crippen molar-refractivity contribution in [3.63, 3.8) is 0 Å². The maximum Gasteiger partial charge on any atom is 0.169 e. The molecule has 0 aliphatic carbocycles. The molecular weight excluding hydrogens is 322 g/mol. The molecule has 0 atom stereocenters. The van der Waals surface area contributed by atoms with Crippen molar-refractivity contribution in [3.8, 4) is 0 Å². The van der Waals surface area contributed by atoms with Crippen LogP contribution in [0.15, 0.2) is 36.4 Å². The molecule has 0 N–H and O–H groups in total. The number of halogens is 4. The van der Waals surface area contributed by atoms with Crippen LogP contribution in [-0.2, 0) is 4.33 Å². The second kappa shape index (κ2) is 5.54. The van der Waals surface area contributed by atoms with Crippen LogP contribution in [0.25, 0.3) is 0 Å². The predicted octanol–water partition coefficient (Wildman–Crippen LogP) is 6.29. The largest absolute Gasteiger partial charge is 0.169 e. The first-order valence-electron chi connectivity index (χ1n) is 5.74. The molecule has 0 unspecified atom stereocenters. The van der Waals surface area contributed by atoms with Gasteiger partial charge in [-0.15, -0.1) is 0 Å². The molecule has 2 aromatic rings. The quantitative estimate of drug-likeness (QED) is 0.566. The summed E-state index contributed by atoms with van der Waals surface area (Å²) in [5, 5.41) is 0.824. The lowest BCUT2D eigenvalue weighted by atomic mass is 9.96. The molecule has 0 heterocycles. The van der Waals surface area contributed by atoms with Crippen LogP contribution in [0.1, 0.15) is 22.3 Å². The Morgan fingerprint density at radius 3 is 2.11 bits per heavy atom. The van der Waals surface area contributed by atoms with Crippen LogP contribution in [0, 0.1) is 13.8 Å². The molecule has 0 aromatic heterocycles. The first-order valence-corrected chi connectivity index (χ1v) is 7.26. The van der Waals surface area contributed by atoms with Crippen molar-refractivity contribution in [2.75, 3.05) is 0 Å². The second-order valence-electron chi connectivity index (χ2n) is 4.42. The Hall–Kier alpha value is -0.400. The second-order valence-corrected chi connectivity index (χ2v) is 6.54. The van der Waals surface area contributed by atoms with Crippen LogP contribution in [0.2, 0.25) is 10.0 Å². The summed E-state index contributed by atoms with van der Waals surface area (Å²) in [7, 11) is 0. The third-order valence-corrected chi connectivity index (χ3v) is 4.87. The van der Waals surface area contributed by atoms with E-state index in [-0.39, 0.29) is 0 Å². The van der Waals surface area contributed by atoms with E-state index in [1.165, 1.54) is 0 Å². The fourth-order valence-corrected chi connectivity index (χ4v) is 3.25. The van der Waals surface area contributed by atoms with Crippen molar-refractivity contribution >= 4 is 46.4 Å². The summed E-state index contributed by atoms with van der Waals surface area (Å²) in [6.07, 6.45) is 0. The molecule has 0 nitrogen and oxygen atoms in total. The van der Waals surface area contributed by atoms with Gasteiger partial charge in [0.15, 0.2) is 4.33 Å². The van der Waals surface area contributed by atoms with Gasteiger partial charge in [0.05, 0.1) is 10.0 Å².